The number of rotatable bonds is 6. The van der Waals surface area contributed by atoms with Gasteiger partial charge in [0.1, 0.15) is 5.75 Å². The summed E-state index contributed by atoms with van der Waals surface area (Å²) in [5.74, 6) is 0.00342. The summed E-state index contributed by atoms with van der Waals surface area (Å²) in [6, 6.07) is 11.3. The molecule has 0 atom stereocenters. The highest BCUT2D eigenvalue weighted by Crippen LogP contribution is 2.24. The first kappa shape index (κ1) is 20.6. The fourth-order valence-electron chi connectivity index (χ4n) is 2.35. The molecule has 140 valence electrons. The van der Waals surface area contributed by atoms with E-state index in [-0.39, 0.29) is 24.2 Å². The molecule has 0 fully saturated rings. The van der Waals surface area contributed by atoms with E-state index in [2.05, 4.69) is 0 Å². The number of benzene rings is 2. The molecule has 0 bridgehead atoms. The molecule has 0 saturated carbocycles. The highest BCUT2D eigenvalue weighted by molar-refractivity contribution is 7.86. The third-order valence-corrected chi connectivity index (χ3v) is 4.78. The second kappa shape index (κ2) is 8.29. The Morgan fingerprint density at radius 1 is 1.12 bits per heavy atom. The van der Waals surface area contributed by atoms with Gasteiger partial charge in [-0.05, 0) is 49.7 Å². The highest BCUT2D eigenvalue weighted by Gasteiger charge is 2.20. The van der Waals surface area contributed by atoms with Crippen LogP contribution in [0.25, 0.3) is 0 Å². The third kappa shape index (κ3) is 5.62. The lowest BCUT2D eigenvalue weighted by atomic mass is 10.1. The van der Waals surface area contributed by atoms with Crippen LogP contribution in [0.4, 0.5) is 0 Å². The van der Waals surface area contributed by atoms with E-state index in [4.69, 9.17) is 27.4 Å². The van der Waals surface area contributed by atoms with Crippen molar-refractivity contribution in [3.05, 3.63) is 63.6 Å². The Bertz CT molecular complexity index is 913. The van der Waals surface area contributed by atoms with Crippen molar-refractivity contribution < 1.29 is 17.4 Å². The van der Waals surface area contributed by atoms with Crippen LogP contribution in [0.15, 0.2) is 42.5 Å². The Labute approximate surface area is 163 Å². The first-order chi connectivity index (χ1) is 12.1. The van der Waals surface area contributed by atoms with E-state index in [0.717, 1.165) is 11.8 Å². The molecule has 26 heavy (non-hydrogen) atoms. The van der Waals surface area contributed by atoms with Crippen molar-refractivity contribution >= 4 is 39.2 Å². The van der Waals surface area contributed by atoms with Crippen LogP contribution in [0.2, 0.25) is 10.0 Å². The predicted molar refractivity (Wildman–Crippen MR) is 103 cm³/mol. The van der Waals surface area contributed by atoms with Crippen molar-refractivity contribution in [2.45, 2.75) is 26.4 Å². The molecule has 0 spiro atoms. The molecule has 0 aliphatic heterocycles. The lowest BCUT2D eigenvalue weighted by Gasteiger charge is -2.27. The number of amides is 1. The minimum absolute atomic E-state index is 0.0866. The van der Waals surface area contributed by atoms with E-state index in [1.54, 1.807) is 41.3 Å². The Hall–Kier alpha value is -1.76. The van der Waals surface area contributed by atoms with Crippen molar-refractivity contribution in [1.82, 2.24) is 4.90 Å². The van der Waals surface area contributed by atoms with E-state index < -0.39 is 10.1 Å². The second-order valence-corrected chi connectivity index (χ2v) is 8.48. The quantitative estimate of drug-likeness (QED) is 0.656. The summed E-state index contributed by atoms with van der Waals surface area (Å²) in [5, 5.41) is 0.690. The van der Waals surface area contributed by atoms with Gasteiger partial charge in [-0.15, -0.1) is 0 Å². The normalized spacial score (nSPS) is 11.5. The van der Waals surface area contributed by atoms with Gasteiger partial charge in [-0.1, -0.05) is 35.3 Å². The molecule has 0 aliphatic carbocycles. The summed E-state index contributed by atoms with van der Waals surface area (Å²) in [6.07, 6.45) is 0.980. The largest absolute Gasteiger partial charge is 0.383 e. The Kier molecular flexibility index (Phi) is 6.55. The summed E-state index contributed by atoms with van der Waals surface area (Å²) < 4.78 is 27.5. The SMILES string of the molecule is CC(C)N(Cc1cccc(OS(C)(=O)=O)c1)C(=O)c1ccc(Cl)c(Cl)c1. The molecule has 0 aliphatic rings. The summed E-state index contributed by atoms with van der Waals surface area (Å²) >= 11 is 11.9. The van der Waals surface area contributed by atoms with Gasteiger partial charge in [0.15, 0.2) is 0 Å². The molecule has 0 unspecified atom stereocenters. The predicted octanol–water partition coefficient (Wildman–Crippen LogP) is 4.38. The summed E-state index contributed by atoms with van der Waals surface area (Å²) in [6.45, 7) is 4.08. The zero-order valence-corrected chi connectivity index (χ0v) is 16.9. The van der Waals surface area contributed by atoms with Crippen molar-refractivity contribution in [3.8, 4) is 5.75 Å². The summed E-state index contributed by atoms with van der Waals surface area (Å²) in [7, 11) is -3.61. The first-order valence-corrected chi connectivity index (χ1v) is 10.4. The van der Waals surface area contributed by atoms with E-state index >= 15 is 0 Å². The maximum atomic E-state index is 12.9. The average Bonchev–Trinajstić information content (AvgIpc) is 2.53. The van der Waals surface area contributed by atoms with E-state index in [0.29, 0.717) is 15.6 Å². The highest BCUT2D eigenvalue weighted by atomic mass is 35.5. The van der Waals surface area contributed by atoms with Crippen LogP contribution in [0.1, 0.15) is 29.8 Å². The lowest BCUT2D eigenvalue weighted by molar-refractivity contribution is 0.0690. The third-order valence-electron chi connectivity index (χ3n) is 3.55. The minimum Gasteiger partial charge on any atom is -0.383 e. The van der Waals surface area contributed by atoms with Crippen molar-refractivity contribution in [2.75, 3.05) is 6.26 Å². The van der Waals surface area contributed by atoms with Gasteiger partial charge in [0.2, 0.25) is 0 Å². The first-order valence-electron chi connectivity index (χ1n) is 7.81. The Morgan fingerprint density at radius 3 is 2.38 bits per heavy atom. The summed E-state index contributed by atoms with van der Waals surface area (Å²) in [4.78, 5) is 14.5. The number of halogens is 2. The van der Waals surface area contributed by atoms with Gasteiger partial charge in [0.05, 0.1) is 16.3 Å². The molecule has 2 rings (SSSR count). The maximum Gasteiger partial charge on any atom is 0.306 e. The van der Waals surface area contributed by atoms with E-state index in [1.807, 2.05) is 13.8 Å². The van der Waals surface area contributed by atoms with Crippen molar-refractivity contribution in [2.24, 2.45) is 0 Å². The molecule has 0 aromatic heterocycles. The van der Waals surface area contributed by atoms with Crippen LogP contribution in [0.3, 0.4) is 0 Å². The van der Waals surface area contributed by atoms with Crippen LogP contribution in [-0.4, -0.2) is 31.5 Å². The number of carbonyl (C=O) groups is 1. The topological polar surface area (TPSA) is 63.7 Å². The fraction of sp³-hybridized carbons (Fsp3) is 0.278. The molecule has 1 amide bonds. The molecule has 2 aromatic carbocycles. The molecule has 0 radical (unpaired) electrons. The Balaban J connectivity index is 2.27. The maximum absolute atomic E-state index is 12.9. The summed E-state index contributed by atoms with van der Waals surface area (Å²) in [5.41, 5.74) is 1.17. The van der Waals surface area contributed by atoms with E-state index in [9.17, 15) is 13.2 Å². The van der Waals surface area contributed by atoms with Crippen LogP contribution < -0.4 is 4.18 Å². The number of hydrogen-bond acceptors (Lipinski definition) is 4. The molecular weight excluding hydrogens is 397 g/mol. The van der Waals surface area contributed by atoms with Gasteiger partial charge < -0.3 is 9.08 Å². The van der Waals surface area contributed by atoms with Crippen LogP contribution in [0, 0.1) is 0 Å². The molecule has 0 saturated heterocycles. The lowest BCUT2D eigenvalue weighted by Crippen LogP contribution is -2.36. The molecule has 0 heterocycles. The monoisotopic (exact) mass is 415 g/mol. The van der Waals surface area contributed by atoms with E-state index in [1.165, 1.54) is 6.07 Å². The standard InChI is InChI=1S/C18H19Cl2NO4S/c1-12(2)21(18(22)14-7-8-16(19)17(20)10-14)11-13-5-4-6-15(9-13)25-26(3,23)24/h4-10,12H,11H2,1-3H3. The minimum atomic E-state index is -3.61. The Morgan fingerprint density at radius 2 is 1.81 bits per heavy atom. The zero-order valence-electron chi connectivity index (χ0n) is 14.6. The van der Waals surface area contributed by atoms with Gasteiger partial charge in [-0.25, -0.2) is 0 Å². The van der Waals surface area contributed by atoms with Gasteiger partial charge in [-0.3, -0.25) is 4.79 Å². The van der Waals surface area contributed by atoms with Crippen LogP contribution >= 0.6 is 23.2 Å². The smallest absolute Gasteiger partial charge is 0.306 e. The van der Waals surface area contributed by atoms with Crippen LogP contribution in [-0.2, 0) is 16.7 Å². The second-order valence-electron chi connectivity index (χ2n) is 6.09. The number of hydrogen-bond donors (Lipinski definition) is 0. The molecule has 8 heteroatoms. The van der Waals surface area contributed by atoms with Crippen molar-refractivity contribution in [1.29, 1.82) is 0 Å². The number of carbonyl (C=O) groups excluding carboxylic acids is 1. The molecule has 2 aromatic rings. The fourth-order valence-corrected chi connectivity index (χ4v) is 3.10. The van der Waals surface area contributed by atoms with Crippen LogP contribution in [0.5, 0.6) is 5.75 Å². The molecule has 0 N–H and O–H groups in total. The zero-order chi connectivity index (χ0) is 19.5. The molecule has 5 nitrogen and oxygen atoms in total. The van der Waals surface area contributed by atoms with Crippen molar-refractivity contribution in [3.63, 3.8) is 0 Å². The molecular formula is C18H19Cl2NO4S. The van der Waals surface area contributed by atoms with Gasteiger partial charge in [0, 0.05) is 18.2 Å². The number of nitrogens with zero attached hydrogens (tertiary/aromatic N) is 1. The van der Waals surface area contributed by atoms with Gasteiger partial charge in [-0.2, -0.15) is 8.42 Å². The van der Waals surface area contributed by atoms with Gasteiger partial charge >= 0.3 is 10.1 Å². The van der Waals surface area contributed by atoms with Gasteiger partial charge in [0.25, 0.3) is 5.91 Å². The average molecular weight is 416 g/mol.